The molecule has 1 heteroatoms. The normalized spacial score (nSPS) is 11.5. The number of rotatable bonds is 0. The number of anilines is 1. The quantitative estimate of drug-likeness (QED) is 0.561. The number of hydrogen-bond donors (Lipinski definition) is 1. The smallest absolute Gasteiger partial charge is 0.0358 e. The van der Waals surface area contributed by atoms with E-state index in [1.165, 1.54) is 0 Å². The molecule has 0 spiro atoms. The average Bonchev–Trinajstić information content (AvgIpc) is 1.86. The van der Waals surface area contributed by atoms with Crippen LogP contribution in [0.2, 0.25) is 0 Å². The molecule has 2 N–H and O–H groups in total. The van der Waals surface area contributed by atoms with Crippen molar-refractivity contribution in [2.75, 3.05) is 5.73 Å². The van der Waals surface area contributed by atoms with E-state index in [9.17, 15) is 0 Å². The molecule has 0 bridgehead atoms. The Morgan fingerprint density at radius 1 is 1.36 bits per heavy atom. The average molecular weight is 148 g/mol. The third kappa shape index (κ3) is 1.73. The van der Waals surface area contributed by atoms with Crippen molar-refractivity contribution in [3.63, 3.8) is 0 Å². The molecule has 0 atom stereocenters. The van der Waals surface area contributed by atoms with Gasteiger partial charge in [-0.1, -0.05) is 32.9 Å². The molecule has 0 aliphatic rings. The van der Waals surface area contributed by atoms with Gasteiger partial charge in [-0.3, -0.25) is 0 Å². The Balaban J connectivity index is 3.14. The Kier molecular flexibility index (Phi) is 1.90. The molecule has 0 aromatic heterocycles. The second kappa shape index (κ2) is 2.57. The Bertz CT molecular complexity index is 245. The second-order valence-electron chi connectivity index (χ2n) is 3.75. The van der Waals surface area contributed by atoms with Crippen LogP contribution in [-0.2, 0) is 5.41 Å². The van der Waals surface area contributed by atoms with Crippen molar-refractivity contribution in [2.45, 2.75) is 26.2 Å². The molecule has 0 saturated carbocycles. The monoisotopic (exact) mass is 148 g/mol. The van der Waals surface area contributed by atoms with Crippen LogP contribution in [0.4, 0.5) is 5.69 Å². The first-order valence-electron chi connectivity index (χ1n) is 3.78. The first-order chi connectivity index (χ1) is 5.02. The molecule has 0 saturated heterocycles. The summed E-state index contributed by atoms with van der Waals surface area (Å²) in [6, 6.07) is 8.87. The summed E-state index contributed by atoms with van der Waals surface area (Å²) in [6.45, 7) is 6.40. The number of benzene rings is 1. The Labute approximate surface area is 68.2 Å². The maximum Gasteiger partial charge on any atom is 0.0358 e. The predicted octanol–water partition coefficient (Wildman–Crippen LogP) is 2.37. The van der Waals surface area contributed by atoms with E-state index in [1.54, 1.807) is 0 Å². The van der Waals surface area contributed by atoms with Gasteiger partial charge in [-0.05, 0) is 23.1 Å². The Hall–Kier alpha value is -0.980. The van der Waals surface area contributed by atoms with Gasteiger partial charge < -0.3 is 5.73 Å². The van der Waals surface area contributed by atoms with Gasteiger partial charge in [0.25, 0.3) is 0 Å². The van der Waals surface area contributed by atoms with Gasteiger partial charge in [-0.25, -0.2) is 0 Å². The van der Waals surface area contributed by atoms with E-state index in [4.69, 9.17) is 5.73 Å². The molecule has 0 fully saturated rings. The zero-order valence-electron chi connectivity index (χ0n) is 7.31. The highest BCUT2D eigenvalue weighted by Crippen LogP contribution is 2.26. The van der Waals surface area contributed by atoms with Crippen molar-refractivity contribution in [2.24, 2.45) is 0 Å². The molecule has 11 heavy (non-hydrogen) atoms. The van der Waals surface area contributed by atoms with Crippen LogP contribution < -0.4 is 5.73 Å². The van der Waals surface area contributed by atoms with Crippen LogP contribution in [0.1, 0.15) is 26.3 Å². The molecule has 0 aliphatic heterocycles. The van der Waals surface area contributed by atoms with E-state index < -0.39 is 0 Å². The topological polar surface area (TPSA) is 26.0 Å². The first kappa shape index (κ1) is 8.12. The van der Waals surface area contributed by atoms with Crippen molar-refractivity contribution < 1.29 is 0 Å². The highest BCUT2D eigenvalue weighted by atomic mass is 14.6. The summed E-state index contributed by atoms with van der Waals surface area (Å²) in [6.07, 6.45) is 0. The Morgan fingerprint density at radius 3 is 2.36 bits per heavy atom. The standard InChI is InChI=1S/C10H14N/c1-10(2,3)8-6-4-5-7-9(8)11/h4-5,7H,11H2,1-3H3. The van der Waals surface area contributed by atoms with Crippen molar-refractivity contribution in [3.05, 3.63) is 29.8 Å². The number of hydrogen-bond acceptors (Lipinski definition) is 1. The SMILES string of the molecule is CC(C)(C)c1[c]cccc1N. The van der Waals surface area contributed by atoms with Gasteiger partial charge >= 0.3 is 0 Å². The minimum absolute atomic E-state index is 0.103. The largest absolute Gasteiger partial charge is 0.398 e. The fraction of sp³-hybridized carbons (Fsp3) is 0.400. The summed E-state index contributed by atoms with van der Waals surface area (Å²) in [5.41, 5.74) is 7.81. The van der Waals surface area contributed by atoms with Gasteiger partial charge in [0.1, 0.15) is 0 Å². The van der Waals surface area contributed by atoms with Crippen LogP contribution in [0.25, 0.3) is 0 Å². The van der Waals surface area contributed by atoms with Gasteiger partial charge in [0, 0.05) is 5.69 Å². The maximum atomic E-state index is 5.78. The zero-order chi connectivity index (χ0) is 8.48. The van der Waals surface area contributed by atoms with E-state index >= 15 is 0 Å². The van der Waals surface area contributed by atoms with E-state index in [-0.39, 0.29) is 5.41 Å². The third-order valence-electron chi connectivity index (χ3n) is 1.64. The zero-order valence-corrected chi connectivity index (χ0v) is 7.31. The summed E-state index contributed by atoms with van der Waals surface area (Å²) in [7, 11) is 0. The van der Waals surface area contributed by atoms with E-state index in [0.717, 1.165) is 11.3 Å². The lowest BCUT2D eigenvalue weighted by Crippen LogP contribution is -2.13. The Morgan fingerprint density at radius 2 is 2.00 bits per heavy atom. The minimum Gasteiger partial charge on any atom is -0.398 e. The van der Waals surface area contributed by atoms with E-state index in [1.807, 2.05) is 18.2 Å². The fourth-order valence-corrected chi connectivity index (χ4v) is 1.10. The van der Waals surface area contributed by atoms with Crippen molar-refractivity contribution >= 4 is 5.69 Å². The summed E-state index contributed by atoms with van der Waals surface area (Å²) in [5.74, 6) is 0. The fourth-order valence-electron chi connectivity index (χ4n) is 1.10. The molecule has 1 aromatic rings. The van der Waals surface area contributed by atoms with Crippen molar-refractivity contribution in [1.82, 2.24) is 0 Å². The number of nitrogen functional groups attached to an aromatic ring is 1. The number of nitrogens with two attached hydrogens (primary N) is 1. The van der Waals surface area contributed by atoms with Crippen molar-refractivity contribution in [3.8, 4) is 0 Å². The molecule has 0 unspecified atom stereocenters. The summed E-state index contributed by atoms with van der Waals surface area (Å²) in [4.78, 5) is 0. The maximum absolute atomic E-state index is 5.78. The lowest BCUT2D eigenvalue weighted by atomic mass is 9.86. The van der Waals surface area contributed by atoms with Crippen LogP contribution in [0.15, 0.2) is 18.2 Å². The van der Waals surface area contributed by atoms with Crippen LogP contribution in [0.5, 0.6) is 0 Å². The highest BCUT2D eigenvalue weighted by molar-refractivity contribution is 5.49. The van der Waals surface area contributed by atoms with Crippen LogP contribution in [0.3, 0.4) is 0 Å². The summed E-state index contributed by atoms with van der Waals surface area (Å²) >= 11 is 0. The van der Waals surface area contributed by atoms with Crippen LogP contribution >= 0.6 is 0 Å². The van der Waals surface area contributed by atoms with Crippen molar-refractivity contribution in [1.29, 1.82) is 0 Å². The molecule has 1 aromatic carbocycles. The molecule has 1 radical (unpaired) electrons. The molecular weight excluding hydrogens is 134 g/mol. The summed E-state index contributed by atoms with van der Waals surface area (Å²) in [5, 5.41) is 0. The molecule has 0 amide bonds. The van der Waals surface area contributed by atoms with Gasteiger partial charge in [0.2, 0.25) is 0 Å². The van der Waals surface area contributed by atoms with Gasteiger partial charge in [-0.2, -0.15) is 0 Å². The third-order valence-corrected chi connectivity index (χ3v) is 1.64. The summed E-state index contributed by atoms with van der Waals surface area (Å²) < 4.78 is 0. The molecule has 59 valence electrons. The van der Waals surface area contributed by atoms with Gasteiger partial charge in [0.05, 0.1) is 0 Å². The second-order valence-corrected chi connectivity index (χ2v) is 3.75. The highest BCUT2D eigenvalue weighted by Gasteiger charge is 2.15. The first-order valence-corrected chi connectivity index (χ1v) is 3.78. The molecule has 0 aliphatic carbocycles. The molecular formula is C10H14N. The van der Waals surface area contributed by atoms with Crippen LogP contribution in [0, 0.1) is 6.07 Å². The molecule has 0 heterocycles. The van der Waals surface area contributed by atoms with E-state index in [0.29, 0.717) is 0 Å². The molecule has 1 nitrogen and oxygen atoms in total. The van der Waals surface area contributed by atoms with Gasteiger partial charge in [0.15, 0.2) is 0 Å². The lowest BCUT2D eigenvalue weighted by Gasteiger charge is -2.20. The minimum atomic E-state index is 0.103. The predicted molar refractivity (Wildman–Crippen MR) is 48.4 cm³/mol. The van der Waals surface area contributed by atoms with Crippen LogP contribution in [-0.4, -0.2) is 0 Å². The van der Waals surface area contributed by atoms with Gasteiger partial charge in [-0.15, -0.1) is 0 Å². The van der Waals surface area contributed by atoms with E-state index in [2.05, 4.69) is 26.8 Å². The lowest BCUT2D eigenvalue weighted by molar-refractivity contribution is 0.591. The molecule has 1 rings (SSSR count).